The molecule has 0 amide bonds. The second-order valence-corrected chi connectivity index (χ2v) is 5.94. The normalized spacial score (nSPS) is 12.9. The highest BCUT2D eigenvalue weighted by molar-refractivity contribution is 7.15. The topological polar surface area (TPSA) is 38.6 Å². The van der Waals surface area contributed by atoms with Crippen molar-refractivity contribution in [2.45, 2.75) is 19.5 Å². The van der Waals surface area contributed by atoms with Gasteiger partial charge in [-0.2, -0.15) is 16.3 Å². The van der Waals surface area contributed by atoms with E-state index in [9.17, 15) is 0 Å². The Bertz CT molecular complexity index is 657. The number of hydrogen-bond acceptors (Lipinski definition) is 5. The molecule has 0 radical (unpaired) electrons. The van der Waals surface area contributed by atoms with Crippen molar-refractivity contribution in [1.82, 2.24) is 14.7 Å². The summed E-state index contributed by atoms with van der Waals surface area (Å²) in [6.45, 7) is 2.90. The standard InChI is InChI=1S/C13H15N3OS2/c1-9(10-3-5-18-8-10)14-7-11-12(17-2)15-13-16(11)4-6-19-13/h3-6,8-9,14H,7H2,1-2H3. The van der Waals surface area contributed by atoms with Crippen molar-refractivity contribution in [1.29, 1.82) is 0 Å². The zero-order valence-corrected chi connectivity index (χ0v) is 12.4. The molecular weight excluding hydrogens is 278 g/mol. The van der Waals surface area contributed by atoms with Crippen LogP contribution in [0.1, 0.15) is 24.2 Å². The van der Waals surface area contributed by atoms with Crippen LogP contribution in [-0.2, 0) is 6.54 Å². The minimum atomic E-state index is 0.320. The van der Waals surface area contributed by atoms with Gasteiger partial charge in [0, 0.05) is 24.2 Å². The monoisotopic (exact) mass is 293 g/mol. The molecule has 6 heteroatoms. The largest absolute Gasteiger partial charge is 0.480 e. The fraction of sp³-hybridized carbons (Fsp3) is 0.308. The lowest BCUT2D eigenvalue weighted by atomic mass is 10.2. The SMILES string of the molecule is COc1nc2sccn2c1CNC(C)c1ccsc1. The molecule has 0 aliphatic carbocycles. The van der Waals surface area contributed by atoms with Crippen LogP contribution in [0, 0.1) is 0 Å². The van der Waals surface area contributed by atoms with Crippen LogP contribution >= 0.6 is 22.7 Å². The van der Waals surface area contributed by atoms with Crippen LogP contribution in [0.25, 0.3) is 4.96 Å². The van der Waals surface area contributed by atoms with Crippen LogP contribution < -0.4 is 10.1 Å². The molecule has 3 heterocycles. The summed E-state index contributed by atoms with van der Waals surface area (Å²) in [5.74, 6) is 0.705. The van der Waals surface area contributed by atoms with Gasteiger partial charge in [-0.1, -0.05) is 0 Å². The molecule has 1 N–H and O–H groups in total. The van der Waals surface area contributed by atoms with Gasteiger partial charge >= 0.3 is 0 Å². The van der Waals surface area contributed by atoms with E-state index in [-0.39, 0.29) is 0 Å². The fourth-order valence-corrected chi connectivity index (χ4v) is 3.50. The molecule has 0 fully saturated rings. The van der Waals surface area contributed by atoms with E-state index < -0.39 is 0 Å². The average molecular weight is 293 g/mol. The maximum atomic E-state index is 5.35. The Morgan fingerprint density at radius 1 is 1.47 bits per heavy atom. The van der Waals surface area contributed by atoms with Crippen LogP contribution in [0.15, 0.2) is 28.4 Å². The lowest BCUT2D eigenvalue weighted by molar-refractivity contribution is 0.391. The van der Waals surface area contributed by atoms with E-state index in [0.29, 0.717) is 11.9 Å². The minimum absolute atomic E-state index is 0.320. The Labute approximate surface area is 119 Å². The van der Waals surface area contributed by atoms with Crippen molar-refractivity contribution in [3.05, 3.63) is 39.7 Å². The van der Waals surface area contributed by atoms with E-state index in [2.05, 4.69) is 38.5 Å². The molecule has 0 bridgehead atoms. The smallest absolute Gasteiger partial charge is 0.237 e. The van der Waals surface area contributed by atoms with Crippen LogP contribution in [0.3, 0.4) is 0 Å². The molecule has 0 aliphatic rings. The number of aromatic nitrogens is 2. The molecule has 4 nitrogen and oxygen atoms in total. The number of methoxy groups -OCH3 is 1. The van der Waals surface area contributed by atoms with Crippen LogP contribution in [0.4, 0.5) is 0 Å². The third kappa shape index (κ3) is 2.39. The predicted octanol–water partition coefficient (Wildman–Crippen LogP) is 3.32. The van der Waals surface area contributed by atoms with Crippen molar-refractivity contribution >= 4 is 27.6 Å². The lowest BCUT2D eigenvalue weighted by Gasteiger charge is -2.12. The molecule has 19 heavy (non-hydrogen) atoms. The maximum Gasteiger partial charge on any atom is 0.237 e. The molecule has 0 spiro atoms. The van der Waals surface area contributed by atoms with Crippen LogP contribution in [-0.4, -0.2) is 16.5 Å². The zero-order chi connectivity index (χ0) is 13.2. The molecule has 0 saturated carbocycles. The van der Waals surface area contributed by atoms with E-state index in [1.165, 1.54) is 5.56 Å². The van der Waals surface area contributed by atoms with Gasteiger partial charge in [0.05, 0.1) is 7.11 Å². The number of nitrogens with one attached hydrogen (secondary N) is 1. The zero-order valence-electron chi connectivity index (χ0n) is 10.8. The third-order valence-electron chi connectivity index (χ3n) is 3.14. The van der Waals surface area contributed by atoms with Gasteiger partial charge in [0.1, 0.15) is 5.69 Å². The third-order valence-corrected chi connectivity index (χ3v) is 4.59. The number of hydrogen-bond donors (Lipinski definition) is 1. The molecule has 3 rings (SSSR count). The molecular formula is C13H15N3OS2. The first-order valence-electron chi connectivity index (χ1n) is 6.03. The Hall–Kier alpha value is -1.37. The molecule has 0 aromatic carbocycles. The number of rotatable bonds is 5. The molecule has 0 aliphatic heterocycles. The summed E-state index contributed by atoms with van der Waals surface area (Å²) in [6.07, 6.45) is 2.03. The van der Waals surface area contributed by atoms with Gasteiger partial charge in [-0.25, -0.2) is 0 Å². The summed E-state index contributed by atoms with van der Waals surface area (Å²) in [7, 11) is 1.66. The average Bonchev–Trinajstić information content (AvgIpc) is 3.12. The highest BCUT2D eigenvalue weighted by Gasteiger charge is 2.14. The maximum absolute atomic E-state index is 5.35. The summed E-state index contributed by atoms with van der Waals surface area (Å²) >= 11 is 3.34. The molecule has 1 atom stereocenters. The van der Waals surface area contributed by atoms with Gasteiger partial charge in [0.2, 0.25) is 5.88 Å². The fourth-order valence-electron chi connectivity index (χ4n) is 2.03. The first-order valence-corrected chi connectivity index (χ1v) is 7.85. The number of thiazole rings is 1. The molecule has 1 unspecified atom stereocenters. The summed E-state index contributed by atoms with van der Waals surface area (Å²) in [4.78, 5) is 5.42. The lowest BCUT2D eigenvalue weighted by Crippen LogP contribution is -2.18. The quantitative estimate of drug-likeness (QED) is 0.784. The Morgan fingerprint density at radius 3 is 3.11 bits per heavy atom. The highest BCUT2D eigenvalue weighted by Crippen LogP contribution is 2.24. The van der Waals surface area contributed by atoms with Gasteiger partial charge in [0.25, 0.3) is 0 Å². The predicted molar refractivity (Wildman–Crippen MR) is 79.2 cm³/mol. The van der Waals surface area contributed by atoms with Crippen molar-refractivity contribution in [2.24, 2.45) is 0 Å². The summed E-state index contributed by atoms with van der Waals surface area (Å²) in [5.41, 5.74) is 2.39. The van der Waals surface area contributed by atoms with E-state index >= 15 is 0 Å². The van der Waals surface area contributed by atoms with Crippen LogP contribution in [0.2, 0.25) is 0 Å². The van der Waals surface area contributed by atoms with Gasteiger partial charge in [-0.05, 0) is 29.3 Å². The molecule has 3 aromatic heterocycles. The van der Waals surface area contributed by atoms with E-state index in [0.717, 1.165) is 17.2 Å². The second-order valence-electron chi connectivity index (χ2n) is 4.28. The number of ether oxygens (including phenoxy) is 1. The number of fused-ring (bicyclic) bond motifs is 1. The Kier molecular flexibility index (Phi) is 3.54. The number of nitrogens with zero attached hydrogens (tertiary/aromatic N) is 2. The Morgan fingerprint density at radius 2 is 2.37 bits per heavy atom. The highest BCUT2D eigenvalue weighted by atomic mass is 32.1. The van der Waals surface area contributed by atoms with Crippen molar-refractivity contribution < 1.29 is 4.74 Å². The van der Waals surface area contributed by atoms with Gasteiger partial charge in [-0.3, -0.25) is 4.40 Å². The number of thiophene rings is 1. The van der Waals surface area contributed by atoms with Crippen molar-refractivity contribution in [3.63, 3.8) is 0 Å². The van der Waals surface area contributed by atoms with E-state index in [1.54, 1.807) is 29.8 Å². The van der Waals surface area contributed by atoms with Crippen molar-refractivity contribution in [2.75, 3.05) is 7.11 Å². The van der Waals surface area contributed by atoms with Crippen molar-refractivity contribution in [3.8, 4) is 5.88 Å². The van der Waals surface area contributed by atoms with Gasteiger partial charge in [0.15, 0.2) is 4.96 Å². The Balaban J connectivity index is 1.79. The van der Waals surface area contributed by atoms with Gasteiger partial charge in [-0.15, -0.1) is 11.3 Å². The first-order chi connectivity index (χ1) is 9.29. The van der Waals surface area contributed by atoms with Crippen LogP contribution in [0.5, 0.6) is 5.88 Å². The van der Waals surface area contributed by atoms with E-state index in [4.69, 9.17) is 4.74 Å². The summed E-state index contributed by atoms with van der Waals surface area (Å²) in [6, 6.07) is 2.47. The molecule has 100 valence electrons. The summed E-state index contributed by atoms with van der Waals surface area (Å²) < 4.78 is 7.43. The summed E-state index contributed by atoms with van der Waals surface area (Å²) in [5, 5.41) is 9.82. The molecule has 3 aromatic rings. The minimum Gasteiger partial charge on any atom is -0.480 e. The van der Waals surface area contributed by atoms with Gasteiger partial charge < -0.3 is 10.1 Å². The van der Waals surface area contributed by atoms with E-state index in [1.807, 2.05) is 11.6 Å². The first kappa shape index (κ1) is 12.7. The number of imidazole rings is 1. The molecule has 0 saturated heterocycles. The second kappa shape index (κ2) is 5.32.